The summed E-state index contributed by atoms with van der Waals surface area (Å²) in [4.78, 5) is 45.1. The highest BCUT2D eigenvalue weighted by Crippen LogP contribution is 2.45. The van der Waals surface area contributed by atoms with Crippen LogP contribution in [0.4, 0.5) is 5.13 Å². The molecule has 38 heavy (non-hydrogen) atoms. The first kappa shape index (κ1) is 25.5. The van der Waals surface area contributed by atoms with Crippen LogP contribution in [0.25, 0.3) is 5.76 Å². The summed E-state index contributed by atoms with van der Waals surface area (Å²) < 4.78 is 17.0. The van der Waals surface area contributed by atoms with Crippen molar-refractivity contribution >= 4 is 39.7 Å². The van der Waals surface area contributed by atoms with Crippen molar-refractivity contribution in [3.63, 3.8) is 0 Å². The van der Waals surface area contributed by atoms with Crippen LogP contribution >= 0.6 is 11.3 Å². The lowest BCUT2D eigenvalue weighted by molar-refractivity contribution is -0.132. The third-order valence-corrected chi connectivity index (χ3v) is 7.48. The van der Waals surface area contributed by atoms with Gasteiger partial charge in [-0.05, 0) is 49.2 Å². The molecule has 5 rings (SSSR count). The predicted octanol–water partition coefficient (Wildman–Crippen LogP) is 4.84. The van der Waals surface area contributed by atoms with Crippen LogP contribution in [0.15, 0.2) is 48.0 Å². The van der Waals surface area contributed by atoms with Gasteiger partial charge < -0.3 is 19.3 Å². The van der Waals surface area contributed by atoms with E-state index >= 15 is 0 Å². The second kappa shape index (κ2) is 10.3. The first-order valence-corrected chi connectivity index (χ1v) is 13.0. The zero-order valence-electron chi connectivity index (χ0n) is 21.1. The number of amides is 1. The molecule has 0 radical (unpaired) electrons. The van der Waals surface area contributed by atoms with Crippen LogP contribution < -0.4 is 19.1 Å². The second-order valence-electron chi connectivity index (χ2n) is 8.92. The fourth-order valence-corrected chi connectivity index (χ4v) is 5.49. The third-order valence-electron chi connectivity index (χ3n) is 6.22. The summed E-state index contributed by atoms with van der Waals surface area (Å²) in [5.41, 5.74) is 1.21. The number of carbonyl (C=O) groups is 3. The lowest BCUT2D eigenvalue weighted by atomic mass is 9.95. The Labute approximate surface area is 223 Å². The van der Waals surface area contributed by atoms with Crippen LogP contribution in [0.2, 0.25) is 0 Å². The Morgan fingerprint density at radius 1 is 1.16 bits per heavy atom. The lowest BCUT2D eigenvalue weighted by Gasteiger charge is -2.24. The maximum Gasteiger partial charge on any atom is 0.301 e. The van der Waals surface area contributed by atoms with E-state index in [9.17, 15) is 19.5 Å². The molecule has 10 heteroatoms. The molecule has 1 fully saturated rings. The van der Waals surface area contributed by atoms with E-state index in [1.54, 1.807) is 49.4 Å². The molecular formula is C28H26N2O7S. The number of Topliss-reactive ketones (excluding diaryl/α,β-unsaturated/α-hetero) is 2. The molecule has 1 atom stereocenters. The van der Waals surface area contributed by atoms with E-state index < -0.39 is 17.7 Å². The largest absolute Gasteiger partial charge is 0.507 e. The number of aliphatic hydroxyl groups is 1. The first-order valence-electron chi connectivity index (χ1n) is 12.2. The fourth-order valence-electron chi connectivity index (χ4n) is 4.50. The van der Waals surface area contributed by atoms with Crippen LogP contribution in [0.1, 0.15) is 52.8 Å². The molecule has 1 amide bonds. The van der Waals surface area contributed by atoms with Crippen molar-refractivity contribution in [3.05, 3.63) is 69.7 Å². The maximum absolute atomic E-state index is 13.5. The number of benzene rings is 2. The highest BCUT2D eigenvalue weighted by molar-refractivity contribution is 7.18. The van der Waals surface area contributed by atoms with Crippen LogP contribution in [0.5, 0.6) is 17.2 Å². The monoisotopic (exact) mass is 534 g/mol. The van der Waals surface area contributed by atoms with Crippen molar-refractivity contribution in [2.24, 2.45) is 0 Å². The number of rotatable bonds is 7. The average Bonchev–Trinajstić information content (AvgIpc) is 3.43. The number of thiazole rings is 1. The Bertz CT molecular complexity index is 1480. The van der Waals surface area contributed by atoms with Crippen molar-refractivity contribution in [3.8, 4) is 17.2 Å². The van der Waals surface area contributed by atoms with E-state index in [2.05, 4.69) is 4.98 Å². The number of ether oxygens (including phenoxy) is 3. The van der Waals surface area contributed by atoms with Crippen molar-refractivity contribution in [2.45, 2.75) is 33.2 Å². The number of aromatic nitrogens is 1. The lowest BCUT2D eigenvalue weighted by Crippen LogP contribution is -2.29. The molecular weight excluding hydrogens is 508 g/mol. The summed E-state index contributed by atoms with van der Waals surface area (Å²) in [6.07, 6.45) is 0.805. The Hall–Kier alpha value is -4.18. The Morgan fingerprint density at radius 3 is 2.63 bits per heavy atom. The molecule has 3 heterocycles. The van der Waals surface area contributed by atoms with Gasteiger partial charge in [0.1, 0.15) is 24.7 Å². The number of aliphatic hydroxyl groups excluding tert-OH is 1. The Balaban J connectivity index is 1.68. The average molecular weight is 535 g/mol. The fraction of sp³-hybridized carbons (Fsp3) is 0.286. The molecule has 0 aliphatic carbocycles. The van der Waals surface area contributed by atoms with Crippen molar-refractivity contribution in [1.82, 2.24) is 4.98 Å². The summed E-state index contributed by atoms with van der Waals surface area (Å²) in [5, 5.41) is 11.6. The molecule has 9 nitrogen and oxygen atoms in total. The second-order valence-corrected chi connectivity index (χ2v) is 9.89. The molecule has 2 aromatic carbocycles. The van der Waals surface area contributed by atoms with E-state index in [0.29, 0.717) is 58.8 Å². The molecule has 0 saturated carbocycles. The number of aryl methyl sites for hydroxylation is 1. The zero-order valence-corrected chi connectivity index (χ0v) is 22.0. The molecule has 196 valence electrons. The molecule has 1 saturated heterocycles. The summed E-state index contributed by atoms with van der Waals surface area (Å²) in [7, 11) is 0. The number of carbonyl (C=O) groups excluding carboxylic acids is 3. The molecule has 3 aromatic rings. The van der Waals surface area contributed by atoms with E-state index in [-0.39, 0.29) is 22.2 Å². The third kappa shape index (κ3) is 4.51. The van der Waals surface area contributed by atoms with Crippen LogP contribution in [0, 0.1) is 6.92 Å². The standard InChI is InChI=1S/C28H26N2O7S/c1-4-10-35-19-7-5-6-17(13-19)23-22(24(32)18-8-9-20-21(14-18)37-12-11-36-20)25(33)27(34)30(23)28-29-15(2)26(38-28)16(3)31/h5-9,13-14,23,32H,4,10-12H2,1-3H3/t23-/m0/s1. The topological polar surface area (TPSA) is 115 Å². The van der Waals surface area contributed by atoms with Gasteiger partial charge in [-0.25, -0.2) is 4.98 Å². The van der Waals surface area contributed by atoms with E-state index in [0.717, 1.165) is 17.8 Å². The van der Waals surface area contributed by atoms with Crippen molar-refractivity contribution in [1.29, 1.82) is 0 Å². The molecule has 2 aliphatic heterocycles. The molecule has 0 bridgehead atoms. The number of fused-ring (bicyclic) bond motifs is 1. The highest BCUT2D eigenvalue weighted by Gasteiger charge is 2.48. The van der Waals surface area contributed by atoms with Gasteiger partial charge in [-0.1, -0.05) is 30.4 Å². The normalized spacial score (nSPS) is 18.1. The molecule has 0 spiro atoms. The van der Waals surface area contributed by atoms with Gasteiger partial charge >= 0.3 is 5.91 Å². The van der Waals surface area contributed by atoms with Gasteiger partial charge in [0.2, 0.25) is 0 Å². The van der Waals surface area contributed by atoms with Gasteiger partial charge in [-0.15, -0.1) is 0 Å². The van der Waals surface area contributed by atoms with Gasteiger partial charge in [-0.2, -0.15) is 0 Å². The predicted molar refractivity (Wildman–Crippen MR) is 141 cm³/mol. The number of ketones is 2. The minimum absolute atomic E-state index is 0.100. The van der Waals surface area contributed by atoms with Crippen LogP contribution in [-0.2, 0) is 9.59 Å². The van der Waals surface area contributed by atoms with Gasteiger partial charge in [0.15, 0.2) is 22.4 Å². The van der Waals surface area contributed by atoms with Crippen molar-refractivity contribution < 1.29 is 33.7 Å². The Kier molecular flexibility index (Phi) is 6.90. The highest BCUT2D eigenvalue weighted by atomic mass is 32.1. The van der Waals surface area contributed by atoms with E-state index in [1.807, 2.05) is 6.92 Å². The van der Waals surface area contributed by atoms with Crippen LogP contribution in [-0.4, -0.2) is 47.4 Å². The number of hydrogen-bond donors (Lipinski definition) is 1. The quantitative estimate of drug-likeness (QED) is 0.198. The number of anilines is 1. The number of hydrogen-bond acceptors (Lipinski definition) is 9. The number of nitrogens with zero attached hydrogens (tertiary/aromatic N) is 2. The molecule has 2 aliphatic rings. The Morgan fingerprint density at radius 2 is 1.92 bits per heavy atom. The molecule has 1 N–H and O–H groups in total. The maximum atomic E-state index is 13.5. The van der Waals surface area contributed by atoms with E-state index in [4.69, 9.17) is 14.2 Å². The smallest absolute Gasteiger partial charge is 0.301 e. The zero-order chi connectivity index (χ0) is 27.0. The summed E-state index contributed by atoms with van der Waals surface area (Å²) in [5.74, 6) is -0.729. The van der Waals surface area contributed by atoms with Crippen LogP contribution in [0.3, 0.4) is 0 Å². The van der Waals surface area contributed by atoms with Gasteiger partial charge in [0.05, 0.1) is 28.8 Å². The summed E-state index contributed by atoms with van der Waals surface area (Å²) in [6, 6.07) is 10.9. The summed E-state index contributed by atoms with van der Waals surface area (Å²) >= 11 is 1.04. The van der Waals surface area contributed by atoms with E-state index in [1.165, 1.54) is 11.8 Å². The van der Waals surface area contributed by atoms with Gasteiger partial charge in [0, 0.05) is 12.5 Å². The first-order chi connectivity index (χ1) is 18.3. The SMILES string of the molecule is CCCOc1cccc([C@H]2C(=C(O)c3ccc4c(c3)OCCO4)C(=O)C(=O)N2c2nc(C)c(C(C)=O)s2)c1. The summed E-state index contributed by atoms with van der Waals surface area (Å²) in [6.45, 7) is 6.35. The molecule has 0 unspecified atom stereocenters. The minimum atomic E-state index is -1.00. The molecule has 1 aromatic heterocycles. The van der Waals surface area contributed by atoms with Gasteiger partial charge in [0.25, 0.3) is 5.78 Å². The minimum Gasteiger partial charge on any atom is -0.507 e. The van der Waals surface area contributed by atoms with Crippen molar-refractivity contribution in [2.75, 3.05) is 24.7 Å². The van der Waals surface area contributed by atoms with Gasteiger partial charge in [-0.3, -0.25) is 19.3 Å².